The van der Waals surface area contributed by atoms with E-state index < -0.39 is 5.97 Å². The number of amides is 1. The lowest BCUT2D eigenvalue weighted by atomic mass is 9.93. The van der Waals surface area contributed by atoms with E-state index in [-0.39, 0.29) is 23.5 Å². The molecule has 0 saturated carbocycles. The number of carbonyl (C=O) groups excluding carboxylic acids is 2. The van der Waals surface area contributed by atoms with Crippen LogP contribution < -0.4 is 5.43 Å². The number of ether oxygens (including phenoxy) is 1. The Balaban J connectivity index is 1.84. The first-order valence-electron chi connectivity index (χ1n) is 8.86. The summed E-state index contributed by atoms with van der Waals surface area (Å²) in [5.74, 6) is 0.0875. The SMILES string of the molecule is Cc1c(C(=O)OC(C)C)oc2c1/C(=N/NC(=O)c1ccc(O)cc1)CCC2. The van der Waals surface area contributed by atoms with Gasteiger partial charge in [0, 0.05) is 23.1 Å². The maximum absolute atomic E-state index is 12.2. The van der Waals surface area contributed by atoms with Crippen LogP contribution in [0, 0.1) is 6.92 Å². The Morgan fingerprint density at radius 3 is 2.59 bits per heavy atom. The van der Waals surface area contributed by atoms with E-state index in [2.05, 4.69) is 10.5 Å². The van der Waals surface area contributed by atoms with Crippen LogP contribution in [0.15, 0.2) is 33.8 Å². The summed E-state index contributed by atoms with van der Waals surface area (Å²) in [5.41, 5.74) is 5.04. The third-order valence-electron chi connectivity index (χ3n) is 4.28. The minimum atomic E-state index is -0.496. The summed E-state index contributed by atoms with van der Waals surface area (Å²) in [4.78, 5) is 24.5. The van der Waals surface area contributed by atoms with Gasteiger partial charge in [-0.25, -0.2) is 10.2 Å². The van der Waals surface area contributed by atoms with Crippen molar-refractivity contribution in [2.24, 2.45) is 5.10 Å². The Bertz CT molecular complexity index is 894. The van der Waals surface area contributed by atoms with E-state index in [1.165, 1.54) is 24.3 Å². The molecule has 0 atom stereocenters. The predicted molar refractivity (Wildman–Crippen MR) is 99.0 cm³/mol. The standard InChI is InChI=1S/C20H22N2O5/c1-11(2)26-20(25)18-12(3)17-15(5-4-6-16(17)27-18)21-22-19(24)13-7-9-14(23)10-8-13/h7-11,23H,4-6H2,1-3H3,(H,22,24)/b21-15+. The van der Waals surface area contributed by atoms with Gasteiger partial charge in [0.15, 0.2) is 0 Å². The second-order valence-electron chi connectivity index (χ2n) is 6.71. The van der Waals surface area contributed by atoms with Crippen molar-refractivity contribution in [3.63, 3.8) is 0 Å². The number of fused-ring (bicyclic) bond motifs is 1. The van der Waals surface area contributed by atoms with Gasteiger partial charge in [0.05, 0.1) is 11.8 Å². The number of aryl methyl sites for hydroxylation is 1. The van der Waals surface area contributed by atoms with Gasteiger partial charge in [-0.05, 0) is 57.9 Å². The molecule has 142 valence electrons. The molecule has 0 bridgehead atoms. The van der Waals surface area contributed by atoms with E-state index in [9.17, 15) is 14.7 Å². The van der Waals surface area contributed by atoms with Gasteiger partial charge in [0.2, 0.25) is 5.76 Å². The minimum Gasteiger partial charge on any atom is -0.508 e. The third-order valence-corrected chi connectivity index (χ3v) is 4.28. The van der Waals surface area contributed by atoms with Gasteiger partial charge in [0.25, 0.3) is 5.91 Å². The molecule has 0 radical (unpaired) electrons. The van der Waals surface area contributed by atoms with E-state index in [0.717, 1.165) is 12.0 Å². The Labute approximate surface area is 157 Å². The maximum Gasteiger partial charge on any atom is 0.374 e. The molecular formula is C20H22N2O5. The molecule has 1 aliphatic rings. The van der Waals surface area contributed by atoms with Crippen molar-refractivity contribution in [2.75, 3.05) is 0 Å². The van der Waals surface area contributed by atoms with E-state index >= 15 is 0 Å². The smallest absolute Gasteiger partial charge is 0.374 e. The number of nitrogens with zero attached hydrogens (tertiary/aromatic N) is 1. The average Bonchev–Trinajstić information content (AvgIpc) is 2.97. The molecule has 27 heavy (non-hydrogen) atoms. The molecule has 1 amide bonds. The normalized spacial score (nSPS) is 14.9. The average molecular weight is 370 g/mol. The van der Waals surface area contributed by atoms with Crippen LogP contribution in [0.25, 0.3) is 0 Å². The Morgan fingerprint density at radius 2 is 1.93 bits per heavy atom. The van der Waals surface area contributed by atoms with E-state index in [0.29, 0.717) is 35.4 Å². The number of benzene rings is 1. The fraction of sp³-hybridized carbons (Fsp3) is 0.350. The molecule has 0 unspecified atom stereocenters. The van der Waals surface area contributed by atoms with E-state index in [4.69, 9.17) is 9.15 Å². The molecule has 7 nitrogen and oxygen atoms in total. The highest BCUT2D eigenvalue weighted by Crippen LogP contribution is 2.30. The van der Waals surface area contributed by atoms with Crippen LogP contribution in [0.1, 0.15) is 64.5 Å². The summed E-state index contributed by atoms with van der Waals surface area (Å²) >= 11 is 0. The van der Waals surface area contributed by atoms with Gasteiger partial charge in [-0.3, -0.25) is 4.79 Å². The molecular weight excluding hydrogens is 348 g/mol. The van der Waals surface area contributed by atoms with Crippen LogP contribution in [0.2, 0.25) is 0 Å². The Morgan fingerprint density at radius 1 is 1.22 bits per heavy atom. The first-order chi connectivity index (χ1) is 12.9. The lowest BCUT2D eigenvalue weighted by Gasteiger charge is -2.13. The molecule has 2 aromatic rings. The molecule has 1 aromatic heterocycles. The van der Waals surface area contributed by atoms with Crippen LogP contribution in [0.3, 0.4) is 0 Å². The highest BCUT2D eigenvalue weighted by molar-refractivity contribution is 6.06. The molecule has 1 heterocycles. The fourth-order valence-corrected chi connectivity index (χ4v) is 3.04. The zero-order valence-corrected chi connectivity index (χ0v) is 15.5. The molecule has 3 rings (SSSR count). The summed E-state index contributed by atoms with van der Waals surface area (Å²) in [6.45, 7) is 5.35. The second-order valence-corrected chi connectivity index (χ2v) is 6.71. The second kappa shape index (κ2) is 7.65. The van der Waals surface area contributed by atoms with Gasteiger partial charge in [-0.15, -0.1) is 0 Å². The minimum absolute atomic E-state index is 0.0876. The number of carbonyl (C=O) groups is 2. The Hall–Kier alpha value is -3.09. The number of esters is 1. The number of hydrogen-bond acceptors (Lipinski definition) is 6. The first-order valence-corrected chi connectivity index (χ1v) is 8.86. The maximum atomic E-state index is 12.2. The monoisotopic (exact) mass is 370 g/mol. The number of hydrogen-bond donors (Lipinski definition) is 2. The van der Waals surface area contributed by atoms with Crippen LogP contribution in [0.4, 0.5) is 0 Å². The lowest BCUT2D eigenvalue weighted by Crippen LogP contribution is -2.22. The van der Waals surface area contributed by atoms with Crippen molar-refractivity contribution < 1.29 is 23.8 Å². The van der Waals surface area contributed by atoms with Crippen molar-refractivity contribution in [1.82, 2.24) is 5.43 Å². The van der Waals surface area contributed by atoms with Crippen LogP contribution in [-0.2, 0) is 11.2 Å². The predicted octanol–water partition coefficient (Wildman–Crippen LogP) is 3.33. The summed E-state index contributed by atoms with van der Waals surface area (Å²) in [6.07, 6.45) is 1.95. The highest BCUT2D eigenvalue weighted by Gasteiger charge is 2.29. The van der Waals surface area contributed by atoms with Gasteiger partial charge < -0.3 is 14.3 Å². The van der Waals surface area contributed by atoms with Gasteiger partial charge in [-0.2, -0.15) is 5.10 Å². The number of phenols is 1. The molecule has 0 fully saturated rings. The van der Waals surface area contributed by atoms with Gasteiger partial charge in [-0.1, -0.05) is 0 Å². The number of nitrogens with one attached hydrogen (secondary N) is 1. The van der Waals surface area contributed by atoms with Crippen molar-refractivity contribution in [3.8, 4) is 5.75 Å². The molecule has 1 aromatic carbocycles. The third kappa shape index (κ3) is 4.02. The molecule has 0 spiro atoms. The number of aromatic hydroxyl groups is 1. The quantitative estimate of drug-likeness (QED) is 0.635. The summed E-state index contributed by atoms with van der Waals surface area (Å²) in [6, 6.07) is 5.90. The summed E-state index contributed by atoms with van der Waals surface area (Å²) in [7, 11) is 0. The molecule has 2 N–H and O–H groups in total. The van der Waals surface area contributed by atoms with Crippen molar-refractivity contribution in [2.45, 2.75) is 46.1 Å². The first kappa shape index (κ1) is 18.7. The number of phenolic OH excluding ortho intramolecular Hbond substituents is 1. The van der Waals surface area contributed by atoms with Crippen molar-refractivity contribution in [3.05, 3.63) is 52.5 Å². The van der Waals surface area contributed by atoms with Crippen molar-refractivity contribution in [1.29, 1.82) is 0 Å². The lowest BCUT2D eigenvalue weighted by molar-refractivity contribution is 0.0338. The number of rotatable bonds is 4. The molecule has 1 aliphatic carbocycles. The van der Waals surface area contributed by atoms with Crippen LogP contribution >= 0.6 is 0 Å². The van der Waals surface area contributed by atoms with Crippen LogP contribution in [-0.4, -0.2) is 28.8 Å². The van der Waals surface area contributed by atoms with Gasteiger partial charge >= 0.3 is 5.97 Å². The zero-order valence-electron chi connectivity index (χ0n) is 15.5. The zero-order chi connectivity index (χ0) is 19.6. The highest BCUT2D eigenvalue weighted by atomic mass is 16.6. The molecule has 7 heteroatoms. The largest absolute Gasteiger partial charge is 0.508 e. The van der Waals surface area contributed by atoms with Crippen molar-refractivity contribution >= 4 is 17.6 Å². The number of furan rings is 1. The van der Waals surface area contributed by atoms with E-state index in [1.807, 2.05) is 0 Å². The molecule has 0 saturated heterocycles. The van der Waals surface area contributed by atoms with Crippen LogP contribution in [0.5, 0.6) is 5.75 Å². The summed E-state index contributed by atoms with van der Waals surface area (Å²) < 4.78 is 11.0. The Kier molecular flexibility index (Phi) is 5.30. The number of hydrazone groups is 1. The molecule has 0 aliphatic heterocycles. The summed E-state index contributed by atoms with van der Waals surface area (Å²) in [5, 5.41) is 13.6. The van der Waals surface area contributed by atoms with Gasteiger partial charge in [0.1, 0.15) is 11.5 Å². The van der Waals surface area contributed by atoms with E-state index in [1.54, 1.807) is 20.8 Å². The fourth-order valence-electron chi connectivity index (χ4n) is 3.04. The topological polar surface area (TPSA) is 101 Å².